The lowest BCUT2D eigenvalue weighted by Crippen LogP contribution is -2.24. The maximum Gasteiger partial charge on any atom is 0.345 e. The van der Waals surface area contributed by atoms with Crippen molar-refractivity contribution in [2.45, 2.75) is 18.9 Å². The van der Waals surface area contributed by atoms with Crippen LogP contribution in [0.25, 0.3) is 28.4 Å². The summed E-state index contributed by atoms with van der Waals surface area (Å²) in [5.41, 5.74) is 3.83. The summed E-state index contributed by atoms with van der Waals surface area (Å²) in [5, 5.41) is 4.89. The molecule has 1 N–H and O–H groups in total. The Morgan fingerprint density at radius 1 is 1.00 bits per heavy atom. The normalized spacial score (nSPS) is 15.8. The van der Waals surface area contributed by atoms with Gasteiger partial charge in [-0.1, -0.05) is 18.2 Å². The van der Waals surface area contributed by atoms with E-state index in [1.54, 1.807) is 28.9 Å². The summed E-state index contributed by atoms with van der Waals surface area (Å²) in [4.78, 5) is 29.4. The minimum atomic E-state index is -0.427. The molecule has 5 aromatic rings. The highest BCUT2D eigenvalue weighted by Crippen LogP contribution is 2.35. The number of nitrogens with one attached hydrogen (secondary N) is 1. The zero-order valence-corrected chi connectivity index (χ0v) is 18.1. The van der Waals surface area contributed by atoms with Gasteiger partial charge < -0.3 is 9.88 Å². The van der Waals surface area contributed by atoms with Gasteiger partial charge in [-0.15, -0.1) is 5.10 Å². The molecule has 4 aromatic heterocycles. The highest BCUT2D eigenvalue weighted by molar-refractivity contribution is 5.64. The Labute approximate surface area is 193 Å². The number of aromatic amines is 1. The largest absolute Gasteiger partial charge is 0.348 e. The third-order valence-corrected chi connectivity index (χ3v) is 6.09. The van der Waals surface area contributed by atoms with Crippen molar-refractivity contribution in [1.29, 1.82) is 0 Å². The maximum absolute atomic E-state index is 13.9. The Hall–Kier alpha value is -4.40. The molecule has 168 valence electrons. The molecule has 1 unspecified atom stereocenters. The standard InChI is InChI=1S/C25H20FN7O/c26-17-5-1-4-16(14-17)21-8-3-13-32(21)24-10-9-23-28-15-22(33(23)31-24)20-7-2-6-18(29-20)19-11-12-27-25(34)30-19/h1-2,4-7,9-12,14-15,21H,3,8,13H2,(H,27,30,34). The summed E-state index contributed by atoms with van der Waals surface area (Å²) in [7, 11) is 0. The van der Waals surface area contributed by atoms with E-state index in [9.17, 15) is 9.18 Å². The van der Waals surface area contributed by atoms with Crippen molar-refractivity contribution >= 4 is 11.5 Å². The van der Waals surface area contributed by atoms with E-state index in [2.05, 4.69) is 19.9 Å². The second-order valence-electron chi connectivity index (χ2n) is 8.21. The van der Waals surface area contributed by atoms with Crippen molar-refractivity contribution in [2.24, 2.45) is 0 Å². The number of H-pyrrole nitrogens is 1. The number of aromatic nitrogens is 6. The number of nitrogens with zero attached hydrogens (tertiary/aromatic N) is 6. The lowest BCUT2D eigenvalue weighted by molar-refractivity contribution is 0.617. The molecule has 1 fully saturated rings. The second kappa shape index (κ2) is 8.18. The number of benzene rings is 1. The molecule has 9 heteroatoms. The predicted molar refractivity (Wildman–Crippen MR) is 126 cm³/mol. The van der Waals surface area contributed by atoms with E-state index < -0.39 is 5.69 Å². The fourth-order valence-corrected chi connectivity index (χ4v) is 4.54. The summed E-state index contributed by atoms with van der Waals surface area (Å²) < 4.78 is 15.6. The first-order chi connectivity index (χ1) is 16.7. The monoisotopic (exact) mass is 453 g/mol. The first kappa shape index (κ1) is 20.2. The van der Waals surface area contributed by atoms with Crippen LogP contribution in [0.3, 0.4) is 0 Å². The fourth-order valence-electron chi connectivity index (χ4n) is 4.54. The van der Waals surface area contributed by atoms with Crippen molar-refractivity contribution in [3.8, 4) is 22.8 Å². The maximum atomic E-state index is 13.9. The van der Waals surface area contributed by atoms with Gasteiger partial charge >= 0.3 is 5.69 Å². The molecule has 6 rings (SSSR count). The smallest absolute Gasteiger partial charge is 0.345 e. The molecule has 0 amide bonds. The minimum absolute atomic E-state index is 0.0672. The Morgan fingerprint density at radius 2 is 1.88 bits per heavy atom. The van der Waals surface area contributed by atoms with Gasteiger partial charge in [-0.3, -0.25) is 0 Å². The summed E-state index contributed by atoms with van der Waals surface area (Å²) in [5.74, 6) is 0.569. The lowest BCUT2D eigenvalue weighted by Gasteiger charge is -2.26. The molecule has 1 atom stereocenters. The quantitative estimate of drug-likeness (QED) is 0.442. The third-order valence-electron chi connectivity index (χ3n) is 6.09. The molecule has 0 spiro atoms. The molecule has 0 radical (unpaired) electrons. The average molecular weight is 453 g/mol. The van der Waals surface area contributed by atoms with Gasteiger partial charge in [0.1, 0.15) is 17.3 Å². The van der Waals surface area contributed by atoms with Crippen molar-refractivity contribution < 1.29 is 4.39 Å². The zero-order valence-electron chi connectivity index (χ0n) is 18.1. The molecule has 0 aliphatic carbocycles. The number of fused-ring (bicyclic) bond motifs is 1. The number of pyridine rings is 1. The van der Waals surface area contributed by atoms with Crippen LogP contribution in [-0.2, 0) is 0 Å². The van der Waals surface area contributed by atoms with Crippen LogP contribution in [-0.4, -0.2) is 36.1 Å². The van der Waals surface area contributed by atoms with Crippen molar-refractivity contribution in [3.63, 3.8) is 0 Å². The predicted octanol–water partition coefficient (Wildman–Crippen LogP) is 4.02. The van der Waals surface area contributed by atoms with Crippen molar-refractivity contribution in [2.75, 3.05) is 11.4 Å². The van der Waals surface area contributed by atoms with Crippen LogP contribution in [0.15, 0.2) is 77.9 Å². The van der Waals surface area contributed by atoms with Crippen LogP contribution < -0.4 is 10.6 Å². The van der Waals surface area contributed by atoms with Crippen LogP contribution in [0.1, 0.15) is 24.4 Å². The summed E-state index contributed by atoms with van der Waals surface area (Å²) in [6, 6.07) is 18.0. The van der Waals surface area contributed by atoms with Crippen molar-refractivity contribution in [3.05, 3.63) is 94.9 Å². The number of rotatable bonds is 4. The molecule has 1 saturated heterocycles. The minimum Gasteiger partial charge on any atom is -0.348 e. The number of imidazole rings is 1. The first-order valence-corrected chi connectivity index (χ1v) is 11.1. The molecule has 34 heavy (non-hydrogen) atoms. The fraction of sp³-hybridized carbons (Fsp3) is 0.160. The molecule has 0 saturated carbocycles. The topological polar surface area (TPSA) is 92.1 Å². The summed E-state index contributed by atoms with van der Waals surface area (Å²) in [6.07, 6.45) is 5.14. The number of hydrogen-bond donors (Lipinski definition) is 1. The van der Waals surface area contributed by atoms with Crippen LogP contribution in [0.2, 0.25) is 0 Å². The van der Waals surface area contributed by atoms with Crippen molar-refractivity contribution in [1.82, 2.24) is 29.5 Å². The molecular weight excluding hydrogens is 433 g/mol. The van der Waals surface area contributed by atoms with E-state index in [0.29, 0.717) is 22.7 Å². The average Bonchev–Trinajstić information content (AvgIpc) is 3.51. The molecule has 1 aliphatic rings. The third kappa shape index (κ3) is 3.61. The van der Waals surface area contributed by atoms with Gasteiger partial charge in [0, 0.05) is 12.7 Å². The van der Waals surface area contributed by atoms with E-state index in [1.165, 1.54) is 12.3 Å². The highest BCUT2D eigenvalue weighted by Gasteiger charge is 2.28. The van der Waals surface area contributed by atoms with Gasteiger partial charge in [0.15, 0.2) is 5.65 Å². The molecule has 1 aliphatic heterocycles. The lowest BCUT2D eigenvalue weighted by atomic mass is 10.0. The molecular formula is C25H20FN7O. The first-order valence-electron chi connectivity index (χ1n) is 11.1. The van der Waals surface area contributed by atoms with Gasteiger partial charge in [0.05, 0.1) is 29.3 Å². The number of hydrogen-bond acceptors (Lipinski definition) is 6. The Morgan fingerprint density at radius 3 is 2.76 bits per heavy atom. The summed E-state index contributed by atoms with van der Waals surface area (Å²) >= 11 is 0. The van der Waals surface area contributed by atoms with Gasteiger partial charge in [0.2, 0.25) is 0 Å². The molecule has 0 bridgehead atoms. The van der Waals surface area contributed by atoms with Gasteiger partial charge in [0.25, 0.3) is 0 Å². The van der Waals surface area contributed by atoms with Gasteiger partial charge in [-0.05, 0) is 60.9 Å². The molecule has 1 aromatic carbocycles. The Bertz CT molecular complexity index is 1560. The summed E-state index contributed by atoms with van der Waals surface area (Å²) in [6.45, 7) is 0.840. The van der Waals surface area contributed by atoms with Crippen LogP contribution in [0, 0.1) is 5.82 Å². The van der Waals surface area contributed by atoms with Crippen LogP contribution in [0.5, 0.6) is 0 Å². The van der Waals surface area contributed by atoms with E-state index in [0.717, 1.165) is 36.5 Å². The van der Waals surface area contributed by atoms with E-state index in [4.69, 9.17) is 10.1 Å². The van der Waals surface area contributed by atoms with Crippen LogP contribution >= 0.6 is 0 Å². The number of anilines is 1. The van der Waals surface area contributed by atoms with Gasteiger partial charge in [-0.25, -0.2) is 28.7 Å². The van der Waals surface area contributed by atoms with E-state index in [-0.39, 0.29) is 11.9 Å². The second-order valence-corrected chi connectivity index (χ2v) is 8.21. The van der Waals surface area contributed by atoms with E-state index in [1.807, 2.05) is 36.4 Å². The molecule has 5 heterocycles. The Kier molecular flexibility index (Phi) is 4.87. The molecule has 8 nitrogen and oxygen atoms in total. The zero-order chi connectivity index (χ0) is 23.1. The van der Waals surface area contributed by atoms with Gasteiger partial charge in [-0.2, -0.15) is 0 Å². The van der Waals surface area contributed by atoms with E-state index >= 15 is 0 Å². The Balaban J connectivity index is 1.40. The van der Waals surface area contributed by atoms with Crippen LogP contribution in [0.4, 0.5) is 10.2 Å². The number of halogens is 1. The highest BCUT2D eigenvalue weighted by atomic mass is 19.1. The SMILES string of the molecule is O=c1nccc(-c2cccc(-c3cnc4ccc(N5CCCC5c5cccc(F)c5)nn34)n2)[nH]1.